The molecule has 0 spiro atoms. The van der Waals surface area contributed by atoms with Crippen LogP contribution in [0.3, 0.4) is 0 Å². The molecule has 2 N–H and O–H groups in total. The van der Waals surface area contributed by atoms with Gasteiger partial charge in [-0.25, -0.2) is 9.18 Å². The highest BCUT2D eigenvalue weighted by Gasteiger charge is 2.24. The standard InChI is InChI=1S/C14H17FN2O3S/c1-17(6-4-13(18)19)14(20)16-11-5-7-21-12-3-2-9(15)8-10(11)12/h2-3,8,11H,4-7H2,1H3,(H,16,20)(H,18,19). The molecule has 1 heterocycles. The van der Waals surface area contributed by atoms with Crippen molar-refractivity contribution in [2.75, 3.05) is 19.3 Å². The van der Waals surface area contributed by atoms with Crippen LogP contribution < -0.4 is 5.32 Å². The Morgan fingerprint density at radius 2 is 2.29 bits per heavy atom. The predicted octanol–water partition coefficient (Wildman–Crippen LogP) is 2.48. The molecule has 0 radical (unpaired) electrons. The zero-order valence-electron chi connectivity index (χ0n) is 11.6. The Morgan fingerprint density at radius 1 is 1.52 bits per heavy atom. The van der Waals surface area contributed by atoms with Gasteiger partial charge in [-0.2, -0.15) is 0 Å². The van der Waals surface area contributed by atoms with Crippen molar-refractivity contribution in [3.8, 4) is 0 Å². The van der Waals surface area contributed by atoms with Crippen molar-refractivity contribution in [1.82, 2.24) is 10.2 Å². The van der Waals surface area contributed by atoms with Crippen LogP contribution in [-0.2, 0) is 4.79 Å². The molecule has 1 aromatic carbocycles. The molecule has 0 fully saturated rings. The molecule has 0 saturated carbocycles. The fraction of sp³-hybridized carbons (Fsp3) is 0.429. The van der Waals surface area contributed by atoms with Crippen molar-refractivity contribution in [3.63, 3.8) is 0 Å². The molecule has 1 aliphatic rings. The van der Waals surface area contributed by atoms with Gasteiger partial charge < -0.3 is 15.3 Å². The number of thioether (sulfide) groups is 1. The molecular formula is C14H17FN2O3S. The highest BCUT2D eigenvalue weighted by atomic mass is 32.2. The molecule has 1 aromatic rings. The Labute approximate surface area is 126 Å². The van der Waals surface area contributed by atoms with Gasteiger partial charge in [-0.15, -0.1) is 11.8 Å². The highest BCUT2D eigenvalue weighted by Crippen LogP contribution is 2.36. The second-order valence-corrected chi connectivity index (χ2v) is 6.02. The van der Waals surface area contributed by atoms with Gasteiger partial charge in [-0.1, -0.05) is 0 Å². The van der Waals surface area contributed by atoms with Gasteiger partial charge >= 0.3 is 12.0 Å². The summed E-state index contributed by atoms with van der Waals surface area (Å²) in [5.41, 5.74) is 0.784. The number of benzene rings is 1. The van der Waals surface area contributed by atoms with Crippen LogP contribution in [0.1, 0.15) is 24.4 Å². The number of rotatable bonds is 4. The van der Waals surface area contributed by atoms with Crippen molar-refractivity contribution >= 4 is 23.8 Å². The number of carbonyl (C=O) groups is 2. The number of amides is 2. The van der Waals surface area contributed by atoms with Crippen LogP contribution in [-0.4, -0.2) is 41.4 Å². The zero-order chi connectivity index (χ0) is 15.4. The number of urea groups is 1. The van der Waals surface area contributed by atoms with E-state index < -0.39 is 5.97 Å². The molecule has 21 heavy (non-hydrogen) atoms. The quantitative estimate of drug-likeness (QED) is 0.896. The van der Waals surface area contributed by atoms with Crippen LogP contribution in [0.2, 0.25) is 0 Å². The summed E-state index contributed by atoms with van der Waals surface area (Å²) in [4.78, 5) is 24.9. The second-order valence-electron chi connectivity index (χ2n) is 4.89. The number of fused-ring (bicyclic) bond motifs is 1. The number of carbonyl (C=O) groups excluding carboxylic acids is 1. The van der Waals surface area contributed by atoms with Gasteiger partial charge in [0.2, 0.25) is 0 Å². The normalized spacial score (nSPS) is 17.0. The fourth-order valence-corrected chi connectivity index (χ4v) is 3.24. The number of carboxylic acid groups (broad SMARTS) is 1. The first kappa shape index (κ1) is 15.6. The summed E-state index contributed by atoms with van der Waals surface area (Å²) in [6.07, 6.45) is 0.620. The van der Waals surface area contributed by atoms with E-state index in [0.717, 1.165) is 22.6 Å². The maximum atomic E-state index is 13.4. The maximum absolute atomic E-state index is 13.4. The third-order valence-corrected chi connectivity index (χ3v) is 4.44. The van der Waals surface area contributed by atoms with Gasteiger partial charge in [0.15, 0.2) is 0 Å². The van der Waals surface area contributed by atoms with Crippen molar-refractivity contribution in [3.05, 3.63) is 29.6 Å². The largest absolute Gasteiger partial charge is 0.481 e. The van der Waals surface area contributed by atoms with Gasteiger partial charge in [0, 0.05) is 24.2 Å². The molecular weight excluding hydrogens is 295 g/mol. The second kappa shape index (κ2) is 6.80. The lowest BCUT2D eigenvalue weighted by molar-refractivity contribution is -0.137. The Bertz CT molecular complexity index is 553. The summed E-state index contributed by atoms with van der Waals surface area (Å²) < 4.78 is 13.4. The minimum atomic E-state index is -0.948. The monoisotopic (exact) mass is 312 g/mol. The number of hydrogen-bond donors (Lipinski definition) is 2. The average Bonchev–Trinajstić information content (AvgIpc) is 2.45. The zero-order valence-corrected chi connectivity index (χ0v) is 12.5. The summed E-state index contributed by atoms with van der Waals surface area (Å²) in [6, 6.07) is 4.00. The fourth-order valence-electron chi connectivity index (χ4n) is 2.14. The first-order chi connectivity index (χ1) is 9.97. The van der Waals surface area contributed by atoms with Gasteiger partial charge in [-0.3, -0.25) is 4.79 Å². The summed E-state index contributed by atoms with van der Waals surface area (Å²) >= 11 is 1.64. The average molecular weight is 312 g/mol. The Hall–Kier alpha value is -1.76. The molecule has 1 atom stereocenters. The Morgan fingerprint density at radius 3 is 3.00 bits per heavy atom. The van der Waals surface area contributed by atoms with Gasteiger partial charge in [0.1, 0.15) is 5.82 Å². The van der Waals surface area contributed by atoms with Crippen LogP contribution in [0.5, 0.6) is 0 Å². The van der Waals surface area contributed by atoms with E-state index in [1.165, 1.54) is 17.0 Å². The molecule has 0 saturated heterocycles. The number of halogens is 1. The van der Waals surface area contributed by atoms with Crippen molar-refractivity contribution < 1.29 is 19.1 Å². The first-order valence-electron chi connectivity index (χ1n) is 6.63. The van der Waals surface area contributed by atoms with Crippen LogP contribution in [0.15, 0.2) is 23.1 Å². The van der Waals surface area contributed by atoms with Crippen LogP contribution in [0.25, 0.3) is 0 Å². The highest BCUT2D eigenvalue weighted by molar-refractivity contribution is 7.99. The molecule has 0 bridgehead atoms. The van der Waals surface area contributed by atoms with Crippen molar-refractivity contribution in [1.29, 1.82) is 0 Å². The van der Waals surface area contributed by atoms with E-state index in [4.69, 9.17) is 5.11 Å². The van der Waals surface area contributed by atoms with E-state index in [0.29, 0.717) is 0 Å². The molecule has 7 heteroatoms. The smallest absolute Gasteiger partial charge is 0.317 e. The molecule has 114 valence electrons. The van der Waals surface area contributed by atoms with Crippen LogP contribution in [0, 0.1) is 5.82 Å². The molecule has 0 aromatic heterocycles. The number of nitrogens with zero attached hydrogens (tertiary/aromatic N) is 1. The third kappa shape index (κ3) is 4.10. The Balaban J connectivity index is 2.02. The predicted molar refractivity (Wildman–Crippen MR) is 77.9 cm³/mol. The van der Waals surface area contributed by atoms with Crippen molar-refractivity contribution in [2.24, 2.45) is 0 Å². The lowest BCUT2D eigenvalue weighted by atomic mass is 10.0. The van der Waals surface area contributed by atoms with E-state index in [1.807, 2.05) is 0 Å². The van der Waals surface area contributed by atoms with E-state index in [9.17, 15) is 14.0 Å². The van der Waals surface area contributed by atoms with Crippen molar-refractivity contribution in [2.45, 2.75) is 23.8 Å². The van der Waals surface area contributed by atoms with Gasteiger partial charge in [0.25, 0.3) is 0 Å². The molecule has 2 rings (SSSR count). The van der Waals surface area contributed by atoms with E-state index >= 15 is 0 Å². The van der Waals surface area contributed by atoms with Gasteiger partial charge in [-0.05, 0) is 30.2 Å². The summed E-state index contributed by atoms with van der Waals surface area (Å²) in [7, 11) is 1.54. The summed E-state index contributed by atoms with van der Waals surface area (Å²) in [6.45, 7) is 0.138. The molecule has 5 nitrogen and oxygen atoms in total. The van der Waals surface area contributed by atoms with Crippen LogP contribution >= 0.6 is 11.8 Å². The Kier molecular flexibility index (Phi) is 5.06. The maximum Gasteiger partial charge on any atom is 0.317 e. The van der Waals surface area contributed by atoms with E-state index in [1.54, 1.807) is 24.9 Å². The lowest BCUT2D eigenvalue weighted by Crippen LogP contribution is -2.41. The van der Waals surface area contributed by atoms with Crippen LogP contribution in [0.4, 0.5) is 9.18 Å². The number of carboxylic acids is 1. The molecule has 2 amide bonds. The van der Waals surface area contributed by atoms with E-state index in [-0.39, 0.29) is 30.9 Å². The van der Waals surface area contributed by atoms with Gasteiger partial charge in [0.05, 0.1) is 12.5 Å². The summed E-state index contributed by atoms with van der Waals surface area (Å²) in [5.74, 6) is -0.423. The minimum Gasteiger partial charge on any atom is -0.481 e. The third-order valence-electron chi connectivity index (χ3n) is 3.32. The number of aliphatic carboxylic acids is 1. The molecule has 0 aliphatic carbocycles. The molecule has 1 unspecified atom stereocenters. The minimum absolute atomic E-state index is 0.102. The molecule has 1 aliphatic heterocycles. The summed E-state index contributed by atoms with van der Waals surface area (Å²) in [5, 5.41) is 11.5. The lowest BCUT2D eigenvalue weighted by Gasteiger charge is -2.28. The first-order valence-corrected chi connectivity index (χ1v) is 7.61. The number of hydrogen-bond acceptors (Lipinski definition) is 3. The topological polar surface area (TPSA) is 69.6 Å². The number of nitrogens with one attached hydrogen (secondary N) is 1. The SMILES string of the molecule is CN(CCC(=O)O)C(=O)NC1CCSc2ccc(F)cc21. The van der Waals surface area contributed by atoms with E-state index in [2.05, 4.69) is 5.32 Å².